The molecule has 0 N–H and O–H groups in total. The Bertz CT molecular complexity index is 2080. The first-order chi connectivity index (χ1) is 14.7. The highest BCUT2D eigenvalue weighted by Gasteiger charge is 2.23. The normalized spacial score (nSPS) is 12.9. The van der Waals surface area contributed by atoms with E-state index in [1.165, 1.54) is 10.8 Å². The summed E-state index contributed by atoms with van der Waals surface area (Å²) in [6.45, 7) is 0. The van der Waals surface area contributed by atoms with E-state index in [4.69, 9.17) is 0 Å². The lowest BCUT2D eigenvalue weighted by atomic mass is 9.80. The highest BCUT2D eigenvalue weighted by atomic mass is 16.1. The minimum atomic E-state index is 0.0449. The van der Waals surface area contributed by atoms with Crippen LogP contribution in [0.5, 0.6) is 0 Å². The highest BCUT2D eigenvalue weighted by Crippen LogP contribution is 2.49. The molecule has 2 nitrogen and oxygen atoms in total. The molecule has 0 saturated heterocycles. The summed E-state index contributed by atoms with van der Waals surface area (Å²) >= 11 is 0. The Labute approximate surface area is 168 Å². The second kappa shape index (κ2) is 4.58. The van der Waals surface area contributed by atoms with Gasteiger partial charge in [0.15, 0.2) is 10.9 Å². The van der Waals surface area contributed by atoms with Crippen LogP contribution in [0.25, 0.3) is 75.4 Å². The van der Waals surface area contributed by atoms with Crippen LogP contribution in [0.1, 0.15) is 0 Å². The summed E-state index contributed by atoms with van der Waals surface area (Å²) in [6, 6.07) is 23.9. The van der Waals surface area contributed by atoms with Gasteiger partial charge in [-0.1, -0.05) is 42.5 Å². The molecule has 0 bridgehead atoms. The van der Waals surface area contributed by atoms with E-state index in [9.17, 15) is 9.59 Å². The molecule has 2 heteroatoms. The van der Waals surface area contributed by atoms with E-state index in [-0.39, 0.29) is 10.9 Å². The van der Waals surface area contributed by atoms with E-state index in [1.807, 2.05) is 24.3 Å². The van der Waals surface area contributed by atoms with Crippen molar-refractivity contribution < 1.29 is 0 Å². The van der Waals surface area contributed by atoms with Gasteiger partial charge in [0.25, 0.3) is 0 Å². The van der Waals surface area contributed by atoms with Gasteiger partial charge in [-0.05, 0) is 73.4 Å². The van der Waals surface area contributed by atoms with Crippen molar-refractivity contribution in [1.29, 1.82) is 0 Å². The molecular weight excluding hydrogens is 368 g/mol. The van der Waals surface area contributed by atoms with E-state index in [0.717, 1.165) is 64.6 Å². The number of rotatable bonds is 0. The van der Waals surface area contributed by atoms with E-state index in [1.54, 1.807) is 12.1 Å². The highest BCUT2D eigenvalue weighted by molar-refractivity contribution is 6.48. The molecule has 0 aliphatic carbocycles. The maximum Gasteiger partial charge on any atom is 0.187 e. The lowest BCUT2D eigenvalue weighted by Gasteiger charge is -2.21. The Hall–Kier alpha value is -4.04. The minimum Gasteiger partial charge on any atom is -0.289 e. The summed E-state index contributed by atoms with van der Waals surface area (Å²) in [4.78, 5) is 26.0. The van der Waals surface area contributed by atoms with Gasteiger partial charge in [0, 0.05) is 32.3 Å². The average molecular weight is 380 g/mol. The summed E-state index contributed by atoms with van der Waals surface area (Å²) in [5.74, 6) is 0. The number of hydrogen-bond donors (Lipinski definition) is 0. The molecule has 0 aromatic heterocycles. The van der Waals surface area contributed by atoms with Gasteiger partial charge in [-0.15, -0.1) is 0 Å². The zero-order chi connectivity index (χ0) is 19.7. The third-order valence-corrected chi connectivity index (χ3v) is 7.02. The summed E-state index contributed by atoms with van der Waals surface area (Å²) in [5, 5.41) is 14.6. The molecule has 8 aromatic rings. The second-order valence-electron chi connectivity index (χ2n) is 8.38. The Morgan fingerprint density at radius 2 is 1.00 bits per heavy atom. The van der Waals surface area contributed by atoms with Gasteiger partial charge in [-0.25, -0.2) is 0 Å². The fourth-order valence-electron chi connectivity index (χ4n) is 5.94. The molecule has 0 unspecified atom stereocenters. The molecule has 8 aromatic carbocycles. The number of hydrogen-bond acceptors (Lipinski definition) is 2. The fourth-order valence-corrected chi connectivity index (χ4v) is 5.94. The van der Waals surface area contributed by atoms with Gasteiger partial charge in [0.05, 0.1) is 0 Å². The van der Waals surface area contributed by atoms with Gasteiger partial charge in [0.1, 0.15) is 0 Å². The van der Waals surface area contributed by atoms with Crippen LogP contribution < -0.4 is 10.9 Å². The third-order valence-electron chi connectivity index (χ3n) is 7.02. The van der Waals surface area contributed by atoms with E-state index in [0.29, 0.717) is 0 Å². The maximum absolute atomic E-state index is 13.1. The van der Waals surface area contributed by atoms with Crippen molar-refractivity contribution >= 4 is 75.4 Å². The molecule has 0 heterocycles. The van der Waals surface area contributed by atoms with Gasteiger partial charge in [-0.3, -0.25) is 9.59 Å². The van der Waals surface area contributed by atoms with Gasteiger partial charge >= 0.3 is 0 Å². The Morgan fingerprint density at radius 3 is 1.87 bits per heavy atom. The lowest BCUT2D eigenvalue weighted by Crippen LogP contribution is -2.05. The summed E-state index contributed by atoms with van der Waals surface area (Å²) < 4.78 is 0. The zero-order valence-electron chi connectivity index (χ0n) is 15.7. The topological polar surface area (TPSA) is 34.1 Å². The molecular formula is C28H12O2. The smallest absolute Gasteiger partial charge is 0.187 e. The van der Waals surface area contributed by atoms with Crippen LogP contribution in [-0.4, -0.2) is 0 Å². The molecule has 0 aliphatic heterocycles. The molecule has 0 fully saturated rings. The molecule has 0 atom stereocenters. The zero-order valence-corrected chi connectivity index (χ0v) is 15.7. The first-order valence-corrected chi connectivity index (χ1v) is 10.1. The Kier molecular flexibility index (Phi) is 2.27. The predicted octanol–water partition coefficient (Wildman–Crippen LogP) is 6.23. The van der Waals surface area contributed by atoms with Crippen molar-refractivity contribution in [2.45, 2.75) is 0 Å². The fraction of sp³-hybridized carbons (Fsp3) is 0. The SMILES string of the molecule is O=c1ccc2c3cccc4cc5ccc(=O)c6c7cccc8cc1c2c(c87)c(c43)c56. The van der Waals surface area contributed by atoms with Crippen molar-refractivity contribution in [3.8, 4) is 0 Å². The second-order valence-corrected chi connectivity index (χ2v) is 8.38. The summed E-state index contributed by atoms with van der Waals surface area (Å²) in [5.41, 5.74) is 0.0978. The Morgan fingerprint density at radius 1 is 0.367 bits per heavy atom. The number of fused-ring (bicyclic) bond motifs is 2. The molecule has 0 aliphatic rings. The van der Waals surface area contributed by atoms with Crippen molar-refractivity contribution in [2.75, 3.05) is 0 Å². The molecule has 0 amide bonds. The van der Waals surface area contributed by atoms with Gasteiger partial charge in [0.2, 0.25) is 0 Å². The monoisotopic (exact) mass is 380 g/mol. The Balaban J connectivity index is 2.01. The summed E-state index contributed by atoms with van der Waals surface area (Å²) in [6.07, 6.45) is 0. The molecule has 0 saturated carbocycles. The van der Waals surface area contributed by atoms with Crippen LogP contribution in [0.3, 0.4) is 0 Å². The minimum absolute atomic E-state index is 0.0449. The first-order valence-electron chi connectivity index (χ1n) is 10.1. The van der Waals surface area contributed by atoms with Crippen molar-refractivity contribution in [1.82, 2.24) is 0 Å². The summed E-state index contributed by atoms with van der Waals surface area (Å²) in [7, 11) is 0. The largest absolute Gasteiger partial charge is 0.289 e. The van der Waals surface area contributed by atoms with Crippen LogP contribution >= 0.6 is 0 Å². The molecule has 136 valence electrons. The van der Waals surface area contributed by atoms with Crippen LogP contribution in [0, 0.1) is 0 Å². The quantitative estimate of drug-likeness (QED) is 0.231. The molecule has 30 heavy (non-hydrogen) atoms. The third kappa shape index (κ3) is 1.43. The van der Waals surface area contributed by atoms with Crippen molar-refractivity contribution in [3.63, 3.8) is 0 Å². The number of benzene rings is 8. The maximum atomic E-state index is 13.1. The van der Waals surface area contributed by atoms with Crippen LogP contribution in [0.15, 0.2) is 82.4 Å². The van der Waals surface area contributed by atoms with Crippen molar-refractivity contribution in [3.05, 3.63) is 93.2 Å². The van der Waals surface area contributed by atoms with Crippen LogP contribution in [0.4, 0.5) is 0 Å². The van der Waals surface area contributed by atoms with E-state index < -0.39 is 0 Å². The first kappa shape index (κ1) is 14.9. The van der Waals surface area contributed by atoms with Gasteiger partial charge < -0.3 is 0 Å². The van der Waals surface area contributed by atoms with E-state index in [2.05, 4.69) is 36.4 Å². The van der Waals surface area contributed by atoms with Crippen LogP contribution in [0.2, 0.25) is 0 Å². The predicted molar refractivity (Wildman–Crippen MR) is 126 cm³/mol. The molecule has 0 spiro atoms. The van der Waals surface area contributed by atoms with Crippen LogP contribution in [-0.2, 0) is 0 Å². The lowest BCUT2D eigenvalue weighted by molar-refractivity contribution is 1.70. The molecule has 8 rings (SSSR count). The van der Waals surface area contributed by atoms with Gasteiger partial charge in [-0.2, -0.15) is 0 Å². The van der Waals surface area contributed by atoms with E-state index >= 15 is 0 Å². The average Bonchev–Trinajstić information content (AvgIpc) is 2.77. The standard InChI is InChI=1S/C28H12O2/c29-20-10-8-17-16-5-1-3-13-11-15-7-9-21(30)26-18-6-2-4-14-12-19(20)25(17)28(23(14)18)27(22(13)16)24(15)26/h1-12H. The van der Waals surface area contributed by atoms with Crippen molar-refractivity contribution in [2.24, 2.45) is 0 Å². The molecule has 0 radical (unpaired) electrons.